The molecule has 0 bridgehead atoms. The summed E-state index contributed by atoms with van der Waals surface area (Å²) in [6, 6.07) is 9.53. The van der Waals surface area contributed by atoms with Crippen molar-refractivity contribution < 1.29 is 14.3 Å². The Morgan fingerprint density at radius 2 is 2.10 bits per heavy atom. The highest BCUT2D eigenvalue weighted by molar-refractivity contribution is 5.70. The molecule has 1 unspecified atom stereocenters. The lowest BCUT2D eigenvalue weighted by molar-refractivity contribution is -0.117. The molecule has 1 aliphatic rings. The zero-order valence-corrected chi connectivity index (χ0v) is 12.0. The van der Waals surface area contributed by atoms with Crippen molar-refractivity contribution in [3.8, 4) is 0 Å². The maximum atomic E-state index is 12.2. The van der Waals surface area contributed by atoms with E-state index in [1.165, 1.54) is 0 Å². The summed E-state index contributed by atoms with van der Waals surface area (Å²) in [5, 5.41) is 0. The number of aldehydes is 1. The lowest BCUT2D eigenvalue weighted by atomic mass is 9.84. The zero-order valence-electron chi connectivity index (χ0n) is 12.0. The third-order valence-corrected chi connectivity index (χ3v) is 3.86. The molecule has 1 fully saturated rings. The molecule has 4 nitrogen and oxygen atoms in total. The van der Waals surface area contributed by atoms with Crippen LogP contribution in [0.5, 0.6) is 0 Å². The smallest absolute Gasteiger partial charge is 0.410 e. The molecule has 1 aromatic carbocycles. The van der Waals surface area contributed by atoms with Gasteiger partial charge in [-0.2, -0.15) is 0 Å². The minimum absolute atomic E-state index is 0.0664. The quantitative estimate of drug-likeness (QED) is 0.793. The second-order valence-electron chi connectivity index (χ2n) is 5.83. The summed E-state index contributed by atoms with van der Waals surface area (Å²) in [6.07, 6.45) is 2.38. The van der Waals surface area contributed by atoms with Gasteiger partial charge in [0.15, 0.2) is 0 Å². The predicted molar refractivity (Wildman–Crippen MR) is 76.2 cm³/mol. The molecule has 1 aliphatic heterocycles. The van der Waals surface area contributed by atoms with E-state index in [0.717, 1.165) is 24.7 Å². The van der Waals surface area contributed by atoms with Crippen molar-refractivity contribution in [3.63, 3.8) is 0 Å². The van der Waals surface area contributed by atoms with Gasteiger partial charge in [0.1, 0.15) is 12.9 Å². The van der Waals surface area contributed by atoms with Crippen LogP contribution < -0.4 is 0 Å². The Hall–Kier alpha value is -1.84. The Labute approximate surface area is 119 Å². The normalized spacial score (nSPS) is 18.9. The Kier molecular flexibility index (Phi) is 4.42. The number of carbonyl (C=O) groups is 2. The van der Waals surface area contributed by atoms with Crippen LogP contribution >= 0.6 is 0 Å². The Morgan fingerprint density at radius 3 is 2.75 bits per heavy atom. The Morgan fingerprint density at radius 1 is 1.40 bits per heavy atom. The fraction of sp³-hybridized carbons (Fsp3) is 0.500. The average molecular weight is 275 g/mol. The number of likely N-dealkylation sites (tertiary alicyclic amines) is 1. The summed E-state index contributed by atoms with van der Waals surface area (Å²) in [5.41, 5.74) is 0.439. The van der Waals surface area contributed by atoms with Gasteiger partial charge >= 0.3 is 6.09 Å². The highest BCUT2D eigenvalue weighted by Gasteiger charge is 2.40. The minimum atomic E-state index is -0.526. The summed E-state index contributed by atoms with van der Waals surface area (Å²) in [7, 11) is 0. The predicted octanol–water partition coefficient (Wildman–Crippen LogP) is 3.01. The van der Waals surface area contributed by atoms with Crippen molar-refractivity contribution in [1.29, 1.82) is 0 Å². The molecule has 4 heteroatoms. The van der Waals surface area contributed by atoms with Crippen molar-refractivity contribution in [2.24, 2.45) is 5.41 Å². The largest absolute Gasteiger partial charge is 0.445 e. The van der Waals surface area contributed by atoms with E-state index in [1.54, 1.807) is 4.90 Å². The van der Waals surface area contributed by atoms with Crippen molar-refractivity contribution in [2.45, 2.75) is 39.3 Å². The van der Waals surface area contributed by atoms with Crippen LogP contribution in [0.3, 0.4) is 0 Å². The maximum absolute atomic E-state index is 12.2. The van der Waals surface area contributed by atoms with E-state index in [2.05, 4.69) is 0 Å². The van der Waals surface area contributed by atoms with Gasteiger partial charge in [0, 0.05) is 18.0 Å². The van der Waals surface area contributed by atoms with Gasteiger partial charge in [-0.05, 0) is 18.4 Å². The number of hydrogen-bond acceptors (Lipinski definition) is 3. The van der Waals surface area contributed by atoms with E-state index in [9.17, 15) is 9.59 Å². The molecule has 1 atom stereocenters. The molecule has 0 radical (unpaired) electrons. The van der Waals surface area contributed by atoms with Gasteiger partial charge in [0.2, 0.25) is 0 Å². The van der Waals surface area contributed by atoms with Gasteiger partial charge in [-0.25, -0.2) is 4.79 Å². The molecule has 20 heavy (non-hydrogen) atoms. The maximum Gasteiger partial charge on any atom is 0.410 e. The second kappa shape index (κ2) is 6.07. The van der Waals surface area contributed by atoms with Gasteiger partial charge in [0.25, 0.3) is 0 Å². The van der Waals surface area contributed by atoms with Gasteiger partial charge in [-0.3, -0.25) is 0 Å². The number of carbonyl (C=O) groups excluding carboxylic acids is 2. The fourth-order valence-corrected chi connectivity index (χ4v) is 2.64. The van der Waals surface area contributed by atoms with E-state index in [0.29, 0.717) is 6.54 Å². The first-order valence-corrected chi connectivity index (χ1v) is 6.98. The Balaban J connectivity index is 1.96. The number of hydrogen-bond donors (Lipinski definition) is 0. The molecule has 1 amide bonds. The van der Waals surface area contributed by atoms with Gasteiger partial charge < -0.3 is 14.4 Å². The van der Waals surface area contributed by atoms with Crippen LogP contribution in [-0.4, -0.2) is 29.9 Å². The first kappa shape index (κ1) is 14.6. The summed E-state index contributed by atoms with van der Waals surface area (Å²) < 4.78 is 5.35. The molecule has 0 aromatic heterocycles. The van der Waals surface area contributed by atoms with E-state index in [4.69, 9.17) is 4.74 Å². The van der Waals surface area contributed by atoms with Crippen molar-refractivity contribution in [3.05, 3.63) is 35.9 Å². The number of ether oxygens (including phenoxy) is 1. The lowest BCUT2D eigenvalue weighted by Gasteiger charge is -2.33. The van der Waals surface area contributed by atoms with Gasteiger partial charge in [-0.15, -0.1) is 0 Å². The number of amides is 1. The highest BCUT2D eigenvalue weighted by atomic mass is 16.6. The molecule has 0 spiro atoms. The molecule has 0 N–H and O–H groups in total. The molecular weight excluding hydrogens is 254 g/mol. The summed E-state index contributed by atoms with van der Waals surface area (Å²) >= 11 is 0. The number of nitrogens with zero attached hydrogens (tertiary/aromatic N) is 1. The SMILES string of the molecule is CC(C)(C=O)C1CCCN1C(=O)OCc1ccccc1. The van der Waals surface area contributed by atoms with Crippen LogP contribution in [0.1, 0.15) is 32.3 Å². The van der Waals surface area contributed by atoms with Crippen molar-refractivity contribution in [1.82, 2.24) is 4.90 Å². The molecule has 0 saturated carbocycles. The zero-order chi connectivity index (χ0) is 14.6. The van der Waals surface area contributed by atoms with Crippen LogP contribution in [0.4, 0.5) is 4.79 Å². The molecule has 108 valence electrons. The topological polar surface area (TPSA) is 46.6 Å². The third-order valence-electron chi connectivity index (χ3n) is 3.86. The minimum Gasteiger partial charge on any atom is -0.445 e. The first-order valence-electron chi connectivity index (χ1n) is 6.98. The average Bonchev–Trinajstić information content (AvgIpc) is 2.96. The monoisotopic (exact) mass is 275 g/mol. The van der Waals surface area contributed by atoms with Crippen molar-refractivity contribution >= 4 is 12.4 Å². The van der Waals surface area contributed by atoms with Crippen LogP contribution in [-0.2, 0) is 16.1 Å². The summed E-state index contributed by atoms with van der Waals surface area (Å²) in [6.45, 7) is 4.67. The fourth-order valence-electron chi connectivity index (χ4n) is 2.64. The Bertz CT molecular complexity index is 470. The first-order chi connectivity index (χ1) is 9.54. The number of benzene rings is 1. The highest BCUT2D eigenvalue weighted by Crippen LogP contribution is 2.32. The standard InChI is InChI=1S/C16H21NO3/c1-16(2,12-18)14-9-6-10-17(14)15(19)20-11-13-7-4-3-5-8-13/h3-5,7-8,12,14H,6,9-11H2,1-2H3. The van der Waals surface area contributed by atoms with E-state index >= 15 is 0 Å². The second-order valence-corrected chi connectivity index (χ2v) is 5.83. The summed E-state index contributed by atoms with van der Waals surface area (Å²) in [5.74, 6) is 0. The molecule has 1 aromatic rings. The van der Waals surface area contributed by atoms with Crippen LogP contribution in [0.25, 0.3) is 0 Å². The molecular formula is C16H21NO3. The van der Waals surface area contributed by atoms with Gasteiger partial charge in [-0.1, -0.05) is 44.2 Å². The summed E-state index contributed by atoms with van der Waals surface area (Å²) in [4.78, 5) is 25.1. The van der Waals surface area contributed by atoms with E-state index in [-0.39, 0.29) is 18.7 Å². The van der Waals surface area contributed by atoms with E-state index < -0.39 is 5.41 Å². The molecule has 1 saturated heterocycles. The van der Waals surface area contributed by atoms with Crippen LogP contribution in [0.15, 0.2) is 30.3 Å². The lowest BCUT2D eigenvalue weighted by Crippen LogP contribution is -2.45. The van der Waals surface area contributed by atoms with Gasteiger partial charge in [0.05, 0.1) is 0 Å². The van der Waals surface area contributed by atoms with Crippen LogP contribution in [0, 0.1) is 5.41 Å². The molecule has 0 aliphatic carbocycles. The van der Waals surface area contributed by atoms with Crippen molar-refractivity contribution in [2.75, 3.05) is 6.54 Å². The van der Waals surface area contributed by atoms with E-state index in [1.807, 2.05) is 44.2 Å². The van der Waals surface area contributed by atoms with Crippen LogP contribution in [0.2, 0.25) is 0 Å². The number of rotatable bonds is 4. The molecule has 2 rings (SSSR count). The third kappa shape index (κ3) is 3.18. The molecule has 1 heterocycles.